The molecule has 1 unspecified atom stereocenters. The second-order valence-electron chi connectivity index (χ2n) is 6.92. The normalized spacial score (nSPS) is 16.3. The summed E-state index contributed by atoms with van der Waals surface area (Å²) in [6.07, 6.45) is 3.53. The zero-order valence-corrected chi connectivity index (χ0v) is 15.4. The van der Waals surface area contributed by atoms with Crippen molar-refractivity contribution in [1.29, 1.82) is 0 Å². The van der Waals surface area contributed by atoms with Crippen LogP contribution in [0.15, 0.2) is 36.4 Å². The van der Waals surface area contributed by atoms with Crippen LogP contribution in [0.1, 0.15) is 42.5 Å². The number of fused-ring (bicyclic) bond motifs is 1. The van der Waals surface area contributed by atoms with Gasteiger partial charge < -0.3 is 9.47 Å². The van der Waals surface area contributed by atoms with Crippen LogP contribution in [0.5, 0.6) is 5.75 Å². The summed E-state index contributed by atoms with van der Waals surface area (Å²) in [5, 5.41) is 0. The van der Waals surface area contributed by atoms with E-state index >= 15 is 0 Å². The number of halogens is 1. The second kappa shape index (κ2) is 8.45. The summed E-state index contributed by atoms with van der Waals surface area (Å²) in [4.78, 5) is 11.7. The number of carbonyl (C=O) groups is 1. The lowest BCUT2D eigenvalue weighted by molar-refractivity contribution is -0.139. The number of carbonyl (C=O) groups excluding carboxylic acids is 1. The van der Waals surface area contributed by atoms with Gasteiger partial charge in [-0.2, -0.15) is 0 Å². The highest BCUT2D eigenvalue weighted by Gasteiger charge is 2.28. The van der Waals surface area contributed by atoms with Crippen LogP contribution in [0.3, 0.4) is 0 Å². The first-order chi connectivity index (χ1) is 12.6. The lowest BCUT2D eigenvalue weighted by Gasteiger charge is -2.22. The minimum absolute atomic E-state index is 0.0701. The molecule has 0 fully saturated rings. The molecule has 1 aliphatic rings. The van der Waals surface area contributed by atoms with Crippen molar-refractivity contribution in [2.75, 3.05) is 6.61 Å². The van der Waals surface area contributed by atoms with E-state index in [9.17, 15) is 9.18 Å². The van der Waals surface area contributed by atoms with Gasteiger partial charge in [-0.15, -0.1) is 0 Å². The van der Waals surface area contributed by atoms with E-state index in [4.69, 9.17) is 9.47 Å². The van der Waals surface area contributed by atoms with Crippen molar-refractivity contribution in [3.8, 4) is 5.75 Å². The molecule has 0 amide bonds. The van der Waals surface area contributed by atoms with Crippen LogP contribution < -0.4 is 4.74 Å². The van der Waals surface area contributed by atoms with E-state index in [0.717, 1.165) is 24.8 Å². The van der Waals surface area contributed by atoms with Crippen molar-refractivity contribution in [2.45, 2.75) is 46.1 Å². The van der Waals surface area contributed by atoms with Gasteiger partial charge in [-0.25, -0.2) is 4.39 Å². The number of hydrogen-bond donors (Lipinski definition) is 0. The first kappa shape index (κ1) is 18.6. The van der Waals surface area contributed by atoms with Gasteiger partial charge in [-0.05, 0) is 36.0 Å². The third-order valence-corrected chi connectivity index (χ3v) is 4.74. The Morgan fingerprint density at radius 1 is 1.12 bits per heavy atom. The number of rotatable bonds is 7. The van der Waals surface area contributed by atoms with Crippen molar-refractivity contribution in [3.05, 3.63) is 64.5 Å². The van der Waals surface area contributed by atoms with E-state index in [1.165, 1.54) is 11.1 Å². The Balaban J connectivity index is 1.54. The molecule has 3 rings (SSSR count). The van der Waals surface area contributed by atoms with Gasteiger partial charge in [0.1, 0.15) is 0 Å². The quantitative estimate of drug-likeness (QED) is 0.412. The summed E-state index contributed by atoms with van der Waals surface area (Å²) in [6.45, 7) is 4.64. The maximum Gasteiger partial charge on any atom is 0.314 e. The minimum atomic E-state index is -0.480. The van der Waals surface area contributed by atoms with Crippen LogP contribution in [0.4, 0.5) is 4.39 Å². The molecule has 0 saturated carbocycles. The maximum atomic E-state index is 14.6. The highest BCUT2D eigenvalue weighted by molar-refractivity contribution is 5.77. The van der Waals surface area contributed by atoms with E-state index in [2.05, 4.69) is 31.2 Å². The number of hydrogen-bond acceptors (Lipinski definition) is 3. The Bertz CT molecular complexity index is 768. The van der Waals surface area contributed by atoms with Gasteiger partial charge in [0.25, 0.3) is 0 Å². The van der Waals surface area contributed by atoms with Gasteiger partial charge in [0.2, 0.25) is 0 Å². The smallest absolute Gasteiger partial charge is 0.314 e. The van der Waals surface area contributed by atoms with E-state index in [1.54, 1.807) is 13.0 Å². The summed E-state index contributed by atoms with van der Waals surface area (Å²) in [6, 6.07) is 12.1. The molecule has 0 N–H and O–H groups in total. The van der Waals surface area contributed by atoms with Crippen molar-refractivity contribution in [2.24, 2.45) is 5.92 Å². The molecule has 0 saturated heterocycles. The average Bonchev–Trinajstić information content (AvgIpc) is 2.64. The van der Waals surface area contributed by atoms with Crippen molar-refractivity contribution in [3.63, 3.8) is 0 Å². The Morgan fingerprint density at radius 2 is 1.81 bits per heavy atom. The summed E-state index contributed by atoms with van der Waals surface area (Å²) in [5.74, 6) is -1.01. The Morgan fingerprint density at radius 3 is 2.50 bits per heavy atom. The summed E-state index contributed by atoms with van der Waals surface area (Å²) in [5.41, 5.74) is 3.71. The minimum Gasteiger partial charge on any atom is -0.423 e. The molecule has 0 aliphatic carbocycles. The first-order valence-corrected chi connectivity index (χ1v) is 9.26. The van der Waals surface area contributed by atoms with Crippen LogP contribution in [-0.2, 0) is 35.4 Å². The molecule has 0 bridgehead atoms. The molecule has 2 aromatic rings. The van der Waals surface area contributed by atoms with Crippen molar-refractivity contribution >= 4 is 5.97 Å². The molecule has 138 valence electrons. The molecule has 0 radical (unpaired) electrons. The number of ether oxygens (including phenoxy) is 2. The predicted molar refractivity (Wildman–Crippen MR) is 98.7 cm³/mol. The fraction of sp³-hybridized carbons (Fsp3) is 0.409. The monoisotopic (exact) mass is 356 g/mol. The van der Waals surface area contributed by atoms with Gasteiger partial charge in [-0.3, -0.25) is 4.79 Å². The van der Waals surface area contributed by atoms with Crippen LogP contribution in [0.25, 0.3) is 0 Å². The zero-order valence-electron chi connectivity index (χ0n) is 15.4. The summed E-state index contributed by atoms with van der Waals surface area (Å²) >= 11 is 0. The maximum absolute atomic E-state index is 14.6. The third-order valence-electron chi connectivity index (χ3n) is 4.74. The Kier molecular flexibility index (Phi) is 6.04. The molecular formula is C22H25FO3. The molecule has 1 heterocycles. The van der Waals surface area contributed by atoms with E-state index in [1.807, 2.05) is 6.07 Å². The lowest BCUT2D eigenvalue weighted by atomic mass is 9.96. The van der Waals surface area contributed by atoms with Crippen LogP contribution in [0, 0.1) is 11.7 Å². The largest absolute Gasteiger partial charge is 0.423 e. The fourth-order valence-corrected chi connectivity index (χ4v) is 3.17. The van der Waals surface area contributed by atoms with Crippen LogP contribution in [0.2, 0.25) is 0 Å². The molecule has 26 heavy (non-hydrogen) atoms. The molecule has 2 aromatic carbocycles. The highest BCUT2D eigenvalue weighted by atomic mass is 19.1. The molecule has 1 aliphatic heterocycles. The predicted octanol–water partition coefficient (Wildman–Crippen LogP) is 4.64. The van der Waals surface area contributed by atoms with Crippen LogP contribution >= 0.6 is 0 Å². The number of aryl methyl sites for hydroxylation is 1. The lowest BCUT2D eigenvalue weighted by Crippen LogP contribution is -2.26. The van der Waals surface area contributed by atoms with Crippen LogP contribution in [-0.4, -0.2) is 12.6 Å². The average molecular weight is 356 g/mol. The molecule has 3 nitrogen and oxygen atoms in total. The van der Waals surface area contributed by atoms with Crippen molar-refractivity contribution in [1.82, 2.24) is 0 Å². The topological polar surface area (TPSA) is 35.5 Å². The Labute approximate surface area is 154 Å². The molecular weight excluding hydrogens is 331 g/mol. The van der Waals surface area contributed by atoms with Gasteiger partial charge in [0.15, 0.2) is 11.6 Å². The van der Waals surface area contributed by atoms with Crippen molar-refractivity contribution < 1.29 is 18.7 Å². The van der Waals surface area contributed by atoms with E-state index in [-0.39, 0.29) is 24.2 Å². The number of esters is 1. The van der Waals surface area contributed by atoms with E-state index < -0.39 is 5.82 Å². The van der Waals surface area contributed by atoms with Gasteiger partial charge in [-0.1, -0.05) is 56.7 Å². The zero-order chi connectivity index (χ0) is 18.5. The molecule has 4 heteroatoms. The summed E-state index contributed by atoms with van der Waals surface area (Å²) in [7, 11) is 0. The standard InChI is InChI=1S/C22H25FO3/c1-3-4-16-5-7-17(8-6-16)11-12-25-14-19-10-9-18-13-15(2)22(24)26-21(18)20(19)23/h5-10,15H,3-4,11-14H2,1-2H3. The first-order valence-electron chi connectivity index (χ1n) is 9.26. The molecule has 1 atom stereocenters. The Hall–Kier alpha value is -2.20. The SMILES string of the molecule is CCCc1ccc(CCOCc2ccc3c(c2F)OC(=O)C(C)C3)cc1. The van der Waals surface area contributed by atoms with Gasteiger partial charge >= 0.3 is 5.97 Å². The van der Waals surface area contributed by atoms with E-state index in [0.29, 0.717) is 18.6 Å². The number of benzene rings is 2. The summed E-state index contributed by atoms with van der Waals surface area (Å²) < 4.78 is 25.4. The molecule has 0 spiro atoms. The fourth-order valence-electron chi connectivity index (χ4n) is 3.17. The highest BCUT2D eigenvalue weighted by Crippen LogP contribution is 2.32. The van der Waals surface area contributed by atoms with Gasteiger partial charge in [0.05, 0.1) is 19.1 Å². The van der Waals surface area contributed by atoms with Gasteiger partial charge in [0, 0.05) is 5.56 Å². The third kappa shape index (κ3) is 4.31. The molecule has 0 aromatic heterocycles. The second-order valence-corrected chi connectivity index (χ2v) is 6.92.